The van der Waals surface area contributed by atoms with Gasteiger partial charge in [-0.2, -0.15) is 5.26 Å². The summed E-state index contributed by atoms with van der Waals surface area (Å²) in [4.78, 5) is 11.2. The average Bonchev–Trinajstić information content (AvgIpc) is 2.24. The minimum Gasteiger partial charge on any atom is -0.383 e. The molecule has 0 aliphatic rings. The third-order valence-corrected chi connectivity index (χ3v) is 2.01. The van der Waals surface area contributed by atoms with Crippen LogP contribution in [0.15, 0.2) is 0 Å². The Morgan fingerprint density at radius 3 is 2.87 bits per heavy atom. The topological polar surface area (TPSA) is 74.2 Å². The van der Waals surface area contributed by atoms with Gasteiger partial charge in [0, 0.05) is 19.7 Å². The number of amides is 1. The Hall–Kier alpha value is -1.12. The van der Waals surface area contributed by atoms with E-state index in [0.717, 1.165) is 6.42 Å². The van der Waals surface area contributed by atoms with Crippen LogP contribution in [0.1, 0.15) is 19.8 Å². The fraction of sp³-hybridized carbons (Fsp3) is 0.800. The number of hydrogen-bond donors (Lipinski definition) is 2. The van der Waals surface area contributed by atoms with E-state index in [1.807, 2.05) is 6.92 Å². The zero-order chi connectivity index (χ0) is 11.5. The van der Waals surface area contributed by atoms with Gasteiger partial charge in [0.25, 0.3) is 0 Å². The molecule has 0 bridgehead atoms. The highest BCUT2D eigenvalue weighted by Gasteiger charge is 2.07. The first-order valence-electron chi connectivity index (χ1n) is 5.10. The minimum absolute atomic E-state index is 0.0663. The van der Waals surface area contributed by atoms with Gasteiger partial charge in [-0.05, 0) is 6.42 Å². The normalized spacial score (nSPS) is 11.8. The van der Waals surface area contributed by atoms with Crippen LogP contribution in [0.3, 0.4) is 0 Å². The van der Waals surface area contributed by atoms with Gasteiger partial charge in [-0.15, -0.1) is 0 Å². The molecule has 0 aromatic rings. The molecule has 0 heterocycles. The van der Waals surface area contributed by atoms with Crippen molar-refractivity contribution in [3.8, 4) is 6.07 Å². The minimum atomic E-state index is -0.0663. The van der Waals surface area contributed by atoms with Gasteiger partial charge in [0.05, 0.1) is 25.6 Å². The van der Waals surface area contributed by atoms with E-state index in [-0.39, 0.29) is 18.5 Å². The van der Waals surface area contributed by atoms with Crippen molar-refractivity contribution in [3.63, 3.8) is 0 Å². The number of nitrogens with zero attached hydrogens (tertiary/aromatic N) is 1. The van der Waals surface area contributed by atoms with E-state index in [4.69, 9.17) is 10.00 Å². The molecule has 0 fully saturated rings. The number of nitriles is 1. The van der Waals surface area contributed by atoms with Crippen LogP contribution in [0.5, 0.6) is 0 Å². The van der Waals surface area contributed by atoms with Crippen molar-refractivity contribution in [2.24, 2.45) is 0 Å². The van der Waals surface area contributed by atoms with Crippen LogP contribution < -0.4 is 10.6 Å². The molecule has 2 N–H and O–H groups in total. The van der Waals surface area contributed by atoms with Crippen molar-refractivity contribution in [3.05, 3.63) is 0 Å². The third-order valence-electron chi connectivity index (χ3n) is 2.01. The summed E-state index contributed by atoms with van der Waals surface area (Å²) in [5.41, 5.74) is 0. The molecule has 1 atom stereocenters. The number of nitrogens with one attached hydrogen (secondary N) is 2. The van der Waals surface area contributed by atoms with Gasteiger partial charge < -0.3 is 15.4 Å². The van der Waals surface area contributed by atoms with Crippen molar-refractivity contribution < 1.29 is 9.53 Å². The molecule has 0 saturated carbocycles. The summed E-state index contributed by atoms with van der Waals surface area (Å²) in [7, 11) is 1.59. The van der Waals surface area contributed by atoms with E-state index in [1.54, 1.807) is 7.11 Å². The van der Waals surface area contributed by atoms with Crippen LogP contribution >= 0.6 is 0 Å². The fourth-order valence-corrected chi connectivity index (χ4v) is 1.06. The summed E-state index contributed by atoms with van der Waals surface area (Å²) in [5.74, 6) is -0.0663. The highest BCUT2D eigenvalue weighted by atomic mass is 16.5. The van der Waals surface area contributed by atoms with Crippen molar-refractivity contribution in [2.45, 2.75) is 25.8 Å². The molecule has 0 aliphatic carbocycles. The Morgan fingerprint density at radius 2 is 2.33 bits per heavy atom. The maximum atomic E-state index is 11.2. The number of carbonyl (C=O) groups is 1. The van der Waals surface area contributed by atoms with Gasteiger partial charge >= 0.3 is 0 Å². The van der Waals surface area contributed by atoms with Crippen molar-refractivity contribution in [2.75, 3.05) is 26.8 Å². The van der Waals surface area contributed by atoms with Gasteiger partial charge in [-0.1, -0.05) is 6.92 Å². The zero-order valence-electron chi connectivity index (χ0n) is 9.38. The van der Waals surface area contributed by atoms with E-state index in [9.17, 15) is 4.79 Å². The molecule has 0 radical (unpaired) electrons. The Bertz CT molecular complexity index is 213. The Labute approximate surface area is 90.8 Å². The third kappa shape index (κ3) is 7.91. The maximum Gasteiger partial charge on any atom is 0.234 e. The van der Waals surface area contributed by atoms with Crippen molar-refractivity contribution >= 4 is 5.91 Å². The standard InChI is InChI=1S/C10H19N3O2/c1-3-9(4-5-11)13-8-10(14)12-6-7-15-2/h9,13H,3-4,6-8H2,1-2H3,(H,12,14). The largest absolute Gasteiger partial charge is 0.383 e. The Balaban J connectivity index is 3.55. The summed E-state index contributed by atoms with van der Waals surface area (Å²) >= 11 is 0. The Kier molecular flexibility index (Phi) is 8.73. The quantitative estimate of drug-likeness (QED) is 0.558. The molecule has 5 nitrogen and oxygen atoms in total. The van der Waals surface area contributed by atoms with E-state index in [0.29, 0.717) is 19.6 Å². The smallest absolute Gasteiger partial charge is 0.234 e. The van der Waals surface area contributed by atoms with Crippen LogP contribution in [0.4, 0.5) is 0 Å². The highest BCUT2D eigenvalue weighted by Crippen LogP contribution is 1.94. The summed E-state index contributed by atoms with van der Waals surface area (Å²) in [6.07, 6.45) is 1.28. The lowest BCUT2D eigenvalue weighted by atomic mass is 10.2. The molecule has 0 aliphatic heterocycles. The van der Waals surface area contributed by atoms with Gasteiger partial charge in [-0.3, -0.25) is 4.79 Å². The molecule has 15 heavy (non-hydrogen) atoms. The predicted octanol–water partition coefficient (Wildman–Crippen LogP) is 0.0309. The lowest BCUT2D eigenvalue weighted by molar-refractivity contribution is -0.120. The fourth-order valence-electron chi connectivity index (χ4n) is 1.06. The van der Waals surface area contributed by atoms with E-state index < -0.39 is 0 Å². The SMILES string of the molecule is CCC(CC#N)NCC(=O)NCCOC. The second-order valence-corrected chi connectivity index (χ2v) is 3.19. The summed E-state index contributed by atoms with van der Waals surface area (Å²) in [5, 5.41) is 14.2. The summed E-state index contributed by atoms with van der Waals surface area (Å²) < 4.78 is 4.80. The Morgan fingerprint density at radius 1 is 1.60 bits per heavy atom. The molecular formula is C10H19N3O2. The molecule has 0 aromatic heterocycles. The predicted molar refractivity (Wildman–Crippen MR) is 57.2 cm³/mol. The average molecular weight is 213 g/mol. The highest BCUT2D eigenvalue weighted by molar-refractivity contribution is 5.77. The van der Waals surface area contributed by atoms with E-state index in [1.165, 1.54) is 0 Å². The molecule has 86 valence electrons. The van der Waals surface area contributed by atoms with Crippen LogP contribution in [0.25, 0.3) is 0 Å². The number of methoxy groups -OCH3 is 1. The zero-order valence-corrected chi connectivity index (χ0v) is 9.38. The number of carbonyl (C=O) groups excluding carboxylic acids is 1. The van der Waals surface area contributed by atoms with Crippen LogP contribution in [-0.4, -0.2) is 38.8 Å². The number of ether oxygens (including phenoxy) is 1. The van der Waals surface area contributed by atoms with Crippen molar-refractivity contribution in [1.29, 1.82) is 5.26 Å². The lowest BCUT2D eigenvalue weighted by Crippen LogP contribution is -2.39. The van der Waals surface area contributed by atoms with Gasteiger partial charge in [0.2, 0.25) is 5.91 Å². The number of rotatable bonds is 8. The van der Waals surface area contributed by atoms with Gasteiger partial charge in [-0.25, -0.2) is 0 Å². The lowest BCUT2D eigenvalue weighted by Gasteiger charge is -2.13. The first kappa shape index (κ1) is 13.9. The monoisotopic (exact) mass is 213 g/mol. The molecule has 0 spiro atoms. The first-order valence-corrected chi connectivity index (χ1v) is 5.10. The second-order valence-electron chi connectivity index (χ2n) is 3.19. The molecule has 0 saturated heterocycles. The van der Waals surface area contributed by atoms with E-state index in [2.05, 4.69) is 16.7 Å². The molecule has 1 unspecified atom stereocenters. The van der Waals surface area contributed by atoms with Crippen molar-refractivity contribution in [1.82, 2.24) is 10.6 Å². The molecule has 1 amide bonds. The summed E-state index contributed by atoms with van der Waals surface area (Å²) in [6.45, 7) is 3.27. The van der Waals surface area contributed by atoms with Crippen LogP contribution in [0, 0.1) is 11.3 Å². The maximum absolute atomic E-state index is 11.2. The second kappa shape index (κ2) is 9.44. The van der Waals surface area contributed by atoms with Crippen LogP contribution in [0.2, 0.25) is 0 Å². The van der Waals surface area contributed by atoms with E-state index >= 15 is 0 Å². The van der Waals surface area contributed by atoms with Gasteiger partial charge in [0.15, 0.2) is 0 Å². The molecule has 0 rings (SSSR count). The summed E-state index contributed by atoms with van der Waals surface area (Å²) in [6, 6.07) is 2.18. The van der Waals surface area contributed by atoms with Gasteiger partial charge in [0.1, 0.15) is 0 Å². The number of hydrogen-bond acceptors (Lipinski definition) is 4. The molecule has 5 heteroatoms. The van der Waals surface area contributed by atoms with Crippen LogP contribution in [-0.2, 0) is 9.53 Å². The first-order chi connectivity index (χ1) is 7.24. The molecule has 0 aromatic carbocycles. The molecular weight excluding hydrogens is 194 g/mol.